The molecule has 1 aliphatic heterocycles. The molecule has 0 spiro atoms. The number of aromatic nitrogens is 2. The van der Waals surface area contributed by atoms with E-state index in [1.165, 1.54) is 5.56 Å². The van der Waals surface area contributed by atoms with Crippen molar-refractivity contribution in [3.8, 4) is 0 Å². The third-order valence-corrected chi connectivity index (χ3v) is 8.75. The predicted octanol–water partition coefficient (Wildman–Crippen LogP) is 4.99. The van der Waals surface area contributed by atoms with Gasteiger partial charge in [0.25, 0.3) is 0 Å². The summed E-state index contributed by atoms with van der Waals surface area (Å²) in [7, 11) is -3.59. The van der Waals surface area contributed by atoms with Crippen LogP contribution in [-0.4, -0.2) is 48.9 Å². The van der Waals surface area contributed by atoms with Crippen LogP contribution in [0.4, 0.5) is 5.82 Å². The van der Waals surface area contributed by atoms with Crippen molar-refractivity contribution in [1.29, 1.82) is 0 Å². The van der Waals surface area contributed by atoms with Gasteiger partial charge in [0.05, 0.1) is 4.90 Å². The number of hydrogen-bond donors (Lipinski definition) is 0. The second-order valence-electron chi connectivity index (χ2n) is 9.29. The van der Waals surface area contributed by atoms with Crippen LogP contribution in [0.1, 0.15) is 36.0 Å². The Hall–Kier alpha value is -3.29. The number of nitrogens with zero attached hydrogens (tertiary/aromatic N) is 4. The molecule has 0 amide bonds. The topological polar surface area (TPSA) is 66.4 Å². The smallest absolute Gasteiger partial charge is 0.243 e. The van der Waals surface area contributed by atoms with Gasteiger partial charge in [-0.3, -0.25) is 0 Å². The molecule has 0 atom stereocenters. The van der Waals surface area contributed by atoms with Gasteiger partial charge in [-0.25, -0.2) is 18.4 Å². The summed E-state index contributed by atoms with van der Waals surface area (Å²) in [6.07, 6.45) is 2.33. The van der Waals surface area contributed by atoms with Crippen molar-refractivity contribution >= 4 is 26.6 Å². The van der Waals surface area contributed by atoms with Crippen LogP contribution in [0.2, 0.25) is 0 Å². The van der Waals surface area contributed by atoms with E-state index in [0.717, 1.165) is 59.5 Å². The van der Waals surface area contributed by atoms with E-state index >= 15 is 0 Å². The van der Waals surface area contributed by atoms with E-state index < -0.39 is 10.0 Å². The van der Waals surface area contributed by atoms with Gasteiger partial charge >= 0.3 is 0 Å². The second-order valence-corrected chi connectivity index (χ2v) is 11.2. The first-order valence-corrected chi connectivity index (χ1v) is 14.0. The molecule has 0 radical (unpaired) electrons. The standard InChI is InChI=1S/C29H32N4O2S/c1-3-28-27(20-23-10-5-4-6-11-23)29(31-22(2)30-28)32-16-9-17-33(19-18-32)36(34,35)26-15-14-24-12-7-8-13-25(24)21-26/h4-8,10-15,21H,3,9,16-20H2,1-2H3. The lowest BCUT2D eigenvalue weighted by Crippen LogP contribution is -2.35. The molecular formula is C29H32N4O2S. The molecule has 36 heavy (non-hydrogen) atoms. The van der Waals surface area contributed by atoms with Crippen molar-refractivity contribution in [3.05, 3.63) is 95.4 Å². The van der Waals surface area contributed by atoms with Crippen molar-refractivity contribution in [2.75, 3.05) is 31.1 Å². The van der Waals surface area contributed by atoms with Gasteiger partial charge < -0.3 is 4.90 Å². The van der Waals surface area contributed by atoms with Crippen LogP contribution in [0, 0.1) is 6.92 Å². The van der Waals surface area contributed by atoms with Gasteiger partial charge in [0.2, 0.25) is 10.0 Å². The number of rotatable bonds is 6. The zero-order chi connectivity index (χ0) is 25.1. The molecule has 1 fully saturated rings. The van der Waals surface area contributed by atoms with Crippen LogP contribution in [0.25, 0.3) is 10.8 Å². The summed E-state index contributed by atoms with van der Waals surface area (Å²) in [6.45, 7) is 6.32. The van der Waals surface area contributed by atoms with Gasteiger partial charge in [0.1, 0.15) is 11.6 Å². The molecule has 0 aliphatic carbocycles. The fraction of sp³-hybridized carbons (Fsp3) is 0.310. The SMILES string of the molecule is CCc1nc(C)nc(N2CCCN(S(=O)(=O)c3ccc4ccccc4c3)CC2)c1Cc1ccccc1. The van der Waals surface area contributed by atoms with Gasteiger partial charge in [-0.2, -0.15) is 4.31 Å². The summed E-state index contributed by atoms with van der Waals surface area (Å²) in [5.74, 6) is 1.69. The molecule has 1 saturated heterocycles. The lowest BCUT2D eigenvalue weighted by atomic mass is 10.0. The quantitative estimate of drug-likeness (QED) is 0.373. The molecule has 0 bridgehead atoms. The van der Waals surface area contributed by atoms with Crippen LogP contribution < -0.4 is 4.90 Å². The highest BCUT2D eigenvalue weighted by Crippen LogP contribution is 2.28. The molecule has 5 rings (SSSR count). The molecule has 2 heterocycles. The largest absolute Gasteiger partial charge is 0.355 e. The van der Waals surface area contributed by atoms with Crippen molar-refractivity contribution in [2.24, 2.45) is 0 Å². The normalized spacial score (nSPS) is 15.2. The predicted molar refractivity (Wildman–Crippen MR) is 145 cm³/mol. The maximum absolute atomic E-state index is 13.6. The van der Waals surface area contributed by atoms with E-state index in [1.54, 1.807) is 16.4 Å². The van der Waals surface area contributed by atoms with E-state index in [9.17, 15) is 8.42 Å². The van der Waals surface area contributed by atoms with Crippen LogP contribution in [0.5, 0.6) is 0 Å². The zero-order valence-corrected chi connectivity index (χ0v) is 21.7. The first-order chi connectivity index (χ1) is 17.5. The molecule has 0 unspecified atom stereocenters. The lowest BCUT2D eigenvalue weighted by Gasteiger charge is -2.26. The molecule has 3 aromatic carbocycles. The summed E-state index contributed by atoms with van der Waals surface area (Å²) in [4.78, 5) is 12.2. The van der Waals surface area contributed by atoms with E-state index in [-0.39, 0.29) is 0 Å². The molecule has 1 aliphatic rings. The van der Waals surface area contributed by atoms with Gasteiger partial charge in [0, 0.05) is 43.9 Å². The Bertz CT molecular complexity index is 1470. The van der Waals surface area contributed by atoms with Crippen LogP contribution in [0.3, 0.4) is 0 Å². The maximum Gasteiger partial charge on any atom is 0.243 e. The highest BCUT2D eigenvalue weighted by Gasteiger charge is 2.28. The summed E-state index contributed by atoms with van der Waals surface area (Å²) in [6, 6.07) is 23.6. The van der Waals surface area contributed by atoms with Crippen LogP contribution >= 0.6 is 0 Å². The third-order valence-electron chi connectivity index (χ3n) is 6.85. The second kappa shape index (κ2) is 10.4. The molecule has 6 nitrogen and oxygen atoms in total. The lowest BCUT2D eigenvalue weighted by molar-refractivity contribution is 0.433. The first kappa shape index (κ1) is 24.4. The van der Waals surface area contributed by atoms with Gasteiger partial charge in [-0.05, 0) is 48.2 Å². The Balaban J connectivity index is 1.42. The minimum Gasteiger partial charge on any atom is -0.355 e. The Morgan fingerprint density at radius 1 is 0.833 bits per heavy atom. The number of sulfonamides is 1. The van der Waals surface area contributed by atoms with Crippen molar-refractivity contribution in [1.82, 2.24) is 14.3 Å². The number of aryl methyl sites for hydroxylation is 2. The Morgan fingerprint density at radius 2 is 1.58 bits per heavy atom. The van der Waals surface area contributed by atoms with Crippen molar-refractivity contribution in [3.63, 3.8) is 0 Å². The molecule has 186 valence electrons. The first-order valence-electron chi connectivity index (χ1n) is 12.6. The maximum atomic E-state index is 13.6. The molecular weight excluding hydrogens is 468 g/mol. The molecule has 0 N–H and O–H groups in total. The summed E-state index contributed by atoms with van der Waals surface area (Å²) in [5.41, 5.74) is 3.42. The Kier molecular flexibility index (Phi) is 7.03. The highest BCUT2D eigenvalue weighted by molar-refractivity contribution is 7.89. The van der Waals surface area contributed by atoms with E-state index in [0.29, 0.717) is 24.5 Å². The van der Waals surface area contributed by atoms with E-state index in [2.05, 4.69) is 36.1 Å². The molecule has 1 aromatic heterocycles. The van der Waals surface area contributed by atoms with Gasteiger partial charge in [-0.15, -0.1) is 0 Å². The van der Waals surface area contributed by atoms with Crippen molar-refractivity contribution in [2.45, 2.75) is 38.0 Å². The van der Waals surface area contributed by atoms with Crippen LogP contribution in [0.15, 0.2) is 77.7 Å². The number of hydrogen-bond acceptors (Lipinski definition) is 5. The molecule has 7 heteroatoms. The van der Waals surface area contributed by atoms with E-state index in [1.807, 2.05) is 43.3 Å². The molecule has 4 aromatic rings. The average molecular weight is 501 g/mol. The fourth-order valence-corrected chi connectivity index (χ4v) is 6.50. The Labute approximate surface area is 213 Å². The average Bonchev–Trinajstić information content (AvgIpc) is 3.16. The number of benzene rings is 3. The third kappa shape index (κ3) is 4.99. The zero-order valence-electron chi connectivity index (χ0n) is 20.9. The van der Waals surface area contributed by atoms with E-state index in [4.69, 9.17) is 9.97 Å². The summed E-state index contributed by atoms with van der Waals surface area (Å²) >= 11 is 0. The highest BCUT2D eigenvalue weighted by atomic mass is 32.2. The van der Waals surface area contributed by atoms with Gasteiger partial charge in [-0.1, -0.05) is 67.6 Å². The van der Waals surface area contributed by atoms with Crippen LogP contribution in [-0.2, 0) is 22.9 Å². The van der Waals surface area contributed by atoms with Gasteiger partial charge in [0.15, 0.2) is 0 Å². The molecule has 0 saturated carbocycles. The number of anilines is 1. The minimum absolute atomic E-state index is 0.352. The fourth-order valence-electron chi connectivity index (χ4n) is 5.00. The monoisotopic (exact) mass is 500 g/mol. The number of fused-ring (bicyclic) bond motifs is 1. The van der Waals surface area contributed by atoms with Crippen molar-refractivity contribution < 1.29 is 8.42 Å². The summed E-state index contributed by atoms with van der Waals surface area (Å²) in [5, 5.41) is 1.97. The Morgan fingerprint density at radius 3 is 2.36 bits per heavy atom. The summed E-state index contributed by atoms with van der Waals surface area (Å²) < 4.78 is 28.8. The minimum atomic E-state index is -3.59.